The van der Waals surface area contributed by atoms with Crippen molar-refractivity contribution < 1.29 is 0 Å². The molecule has 5 nitrogen and oxygen atoms in total. The summed E-state index contributed by atoms with van der Waals surface area (Å²) in [6.45, 7) is 1.21. The van der Waals surface area contributed by atoms with Crippen molar-refractivity contribution in [3.63, 3.8) is 0 Å². The highest BCUT2D eigenvalue weighted by Gasteiger charge is 2.14. The molecule has 3 aromatic carbocycles. The summed E-state index contributed by atoms with van der Waals surface area (Å²) >= 11 is 6.19. The molecular weight excluding hydrogens is 394 g/mol. The monoisotopic (exact) mass is 413 g/mol. The Morgan fingerprint density at radius 3 is 2.53 bits per heavy atom. The number of anilines is 1. The first kappa shape index (κ1) is 18.6. The van der Waals surface area contributed by atoms with Crippen molar-refractivity contribution in [2.45, 2.75) is 13.1 Å². The van der Waals surface area contributed by atoms with Crippen LogP contribution in [0.1, 0.15) is 11.1 Å². The number of aromatic nitrogens is 3. The van der Waals surface area contributed by atoms with Gasteiger partial charge >= 0.3 is 0 Å². The first-order valence-electron chi connectivity index (χ1n) is 9.76. The molecule has 4 N–H and O–H groups in total. The largest absolute Gasteiger partial charge is 0.380 e. The van der Waals surface area contributed by atoms with Gasteiger partial charge in [-0.25, -0.2) is 4.98 Å². The van der Waals surface area contributed by atoms with E-state index in [1.54, 1.807) is 0 Å². The predicted octanol–water partition coefficient (Wildman–Crippen LogP) is 5.50. The number of pyridine rings is 1. The Labute approximate surface area is 178 Å². The lowest BCUT2D eigenvalue weighted by Gasteiger charge is -2.14. The van der Waals surface area contributed by atoms with E-state index in [2.05, 4.69) is 39.6 Å². The van der Waals surface area contributed by atoms with Crippen molar-refractivity contribution in [2.75, 3.05) is 5.32 Å². The molecule has 0 spiro atoms. The molecule has 5 aromatic rings. The summed E-state index contributed by atoms with van der Waals surface area (Å²) in [6.07, 6.45) is 1.84. The number of para-hydroxylation sites is 2. The molecule has 2 aromatic heterocycles. The van der Waals surface area contributed by atoms with E-state index in [-0.39, 0.29) is 0 Å². The minimum atomic E-state index is 0.541. The highest BCUT2D eigenvalue weighted by molar-refractivity contribution is 6.31. The van der Waals surface area contributed by atoms with Crippen LogP contribution in [0.25, 0.3) is 33.3 Å². The highest BCUT2D eigenvalue weighted by atomic mass is 35.5. The lowest BCUT2D eigenvalue weighted by atomic mass is 10.1. The number of H-pyrrole nitrogens is 1. The highest BCUT2D eigenvalue weighted by Crippen LogP contribution is 2.34. The number of halogens is 1. The zero-order valence-corrected chi connectivity index (χ0v) is 16.9. The van der Waals surface area contributed by atoms with Crippen LogP contribution in [0.2, 0.25) is 5.02 Å². The van der Waals surface area contributed by atoms with Gasteiger partial charge in [-0.05, 0) is 41.5 Å². The van der Waals surface area contributed by atoms with Gasteiger partial charge in [0.15, 0.2) is 0 Å². The van der Waals surface area contributed by atoms with Crippen LogP contribution in [0.15, 0.2) is 72.9 Å². The average Bonchev–Trinajstić information content (AvgIpc) is 3.21. The fourth-order valence-electron chi connectivity index (χ4n) is 3.60. The molecule has 0 atom stereocenters. The van der Waals surface area contributed by atoms with Gasteiger partial charge < -0.3 is 16.0 Å². The maximum Gasteiger partial charge on any atom is 0.142 e. The third-order valence-electron chi connectivity index (χ3n) is 5.20. The maximum atomic E-state index is 6.19. The molecule has 0 aliphatic rings. The van der Waals surface area contributed by atoms with E-state index in [1.807, 2.05) is 48.7 Å². The molecule has 6 heteroatoms. The predicted molar refractivity (Wildman–Crippen MR) is 124 cm³/mol. The molecule has 0 amide bonds. The summed E-state index contributed by atoms with van der Waals surface area (Å²) in [5, 5.41) is 5.26. The van der Waals surface area contributed by atoms with Gasteiger partial charge in [0.05, 0.1) is 27.8 Å². The smallest absolute Gasteiger partial charge is 0.142 e. The van der Waals surface area contributed by atoms with E-state index in [9.17, 15) is 0 Å². The topological polar surface area (TPSA) is 79.6 Å². The van der Waals surface area contributed by atoms with Crippen LogP contribution in [0.3, 0.4) is 0 Å². The van der Waals surface area contributed by atoms with Gasteiger partial charge in [-0.1, -0.05) is 48.0 Å². The number of hydrogen-bond acceptors (Lipinski definition) is 4. The standard InChI is InChI=1S/C24H20ClN5/c25-17-9-10-18-22(11-17)27-14-19(24-29-20-3-1-2-4-21(20)30-24)23(18)28-13-16-7-5-15(12-26)6-8-16/h1-11,14H,12-13,26H2,(H,27,28)(H,29,30). The van der Waals surface area contributed by atoms with Crippen LogP contribution in [0, 0.1) is 0 Å². The van der Waals surface area contributed by atoms with Gasteiger partial charge in [0.25, 0.3) is 0 Å². The zero-order chi connectivity index (χ0) is 20.5. The SMILES string of the molecule is NCc1ccc(CNc2c(-c3nc4ccccc4[nH]3)cnc3cc(Cl)ccc23)cc1. The molecule has 148 valence electrons. The second-order valence-electron chi connectivity index (χ2n) is 7.19. The second kappa shape index (κ2) is 7.78. The summed E-state index contributed by atoms with van der Waals surface area (Å²) < 4.78 is 0. The molecule has 2 heterocycles. The molecule has 0 bridgehead atoms. The van der Waals surface area contributed by atoms with Crippen molar-refractivity contribution in [2.24, 2.45) is 5.73 Å². The Morgan fingerprint density at radius 2 is 1.73 bits per heavy atom. The van der Waals surface area contributed by atoms with Crippen LogP contribution < -0.4 is 11.1 Å². The first-order valence-corrected chi connectivity index (χ1v) is 10.1. The van der Waals surface area contributed by atoms with Crippen molar-refractivity contribution in [1.82, 2.24) is 15.0 Å². The van der Waals surface area contributed by atoms with E-state index < -0.39 is 0 Å². The molecule has 0 unspecified atom stereocenters. The average molecular weight is 414 g/mol. The number of imidazole rings is 1. The Hall–Kier alpha value is -3.41. The van der Waals surface area contributed by atoms with Gasteiger partial charge in [-0.3, -0.25) is 4.98 Å². The van der Waals surface area contributed by atoms with Crippen molar-refractivity contribution in [1.29, 1.82) is 0 Å². The number of rotatable bonds is 5. The van der Waals surface area contributed by atoms with Gasteiger partial charge in [-0.15, -0.1) is 0 Å². The molecule has 0 radical (unpaired) electrons. The number of benzene rings is 3. The number of hydrogen-bond donors (Lipinski definition) is 3. The van der Waals surface area contributed by atoms with Gasteiger partial charge in [0.2, 0.25) is 0 Å². The van der Waals surface area contributed by atoms with Gasteiger partial charge in [0, 0.05) is 29.7 Å². The first-order chi connectivity index (χ1) is 14.7. The third kappa shape index (κ3) is 3.49. The number of nitrogens with one attached hydrogen (secondary N) is 2. The van der Waals surface area contributed by atoms with Crippen molar-refractivity contribution in [3.8, 4) is 11.4 Å². The fraction of sp³-hybridized carbons (Fsp3) is 0.0833. The summed E-state index contributed by atoms with van der Waals surface area (Å²) in [6, 6.07) is 22.1. The fourth-order valence-corrected chi connectivity index (χ4v) is 3.77. The number of nitrogens with zero attached hydrogens (tertiary/aromatic N) is 2. The molecule has 0 aliphatic heterocycles. The van der Waals surface area contributed by atoms with Crippen LogP contribution >= 0.6 is 11.6 Å². The van der Waals surface area contributed by atoms with Crippen molar-refractivity contribution in [3.05, 3.63) is 89.1 Å². The summed E-state index contributed by atoms with van der Waals surface area (Å²) in [5.41, 5.74) is 12.6. The minimum Gasteiger partial charge on any atom is -0.380 e. The quantitative estimate of drug-likeness (QED) is 0.355. The molecule has 0 fully saturated rings. The number of nitrogens with two attached hydrogens (primary N) is 1. The normalized spacial score (nSPS) is 11.3. The molecular formula is C24H20ClN5. The third-order valence-corrected chi connectivity index (χ3v) is 5.44. The Balaban J connectivity index is 1.59. The molecule has 0 aliphatic carbocycles. The molecule has 0 saturated heterocycles. The van der Waals surface area contributed by atoms with Crippen LogP contribution in [0.5, 0.6) is 0 Å². The Morgan fingerprint density at radius 1 is 0.933 bits per heavy atom. The van der Waals surface area contributed by atoms with Crippen LogP contribution in [-0.2, 0) is 13.1 Å². The molecule has 0 saturated carbocycles. The van der Waals surface area contributed by atoms with E-state index in [4.69, 9.17) is 22.3 Å². The van der Waals surface area contributed by atoms with E-state index in [1.165, 1.54) is 5.56 Å². The minimum absolute atomic E-state index is 0.541. The van der Waals surface area contributed by atoms with Crippen molar-refractivity contribution >= 4 is 39.2 Å². The zero-order valence-electron chi connectivity index (χ0n) is 16.2. The summed E-state index contributed by atoms with van der Waals surface area (Å²) in [7, 11) is 0. The number of fused-ring (bicyclic) bond motifs is 2. The van der Waals surface area contributed by atoms with E-state index in [0.29, 0.717) is 18.1 Å². The maximum absolute atomic E-state index is 6.19. The molecule has 5 rings (SSSR count). The lowest BCUT2D eigenvalue weighted by Crippen LogP contribution is -2.04. The van der Waals surface area contributed by atoms with Crippen LogP contribution in [0.4, 0.5) is 5.69 Å². The second-order valence-corrected chi connectivity index (χ2v) is 7.62. The van der Waals surface area contributed by atoms with Crippen LogP contribution in [-0.4, -0.2) is 15.0 Å². The Bertz CT molecular complexity index is 1310. The number of aromatic amines is 1. The summed E-state index contributed by atoms with van der Waals surface area (Å²) in [4.78, 5) is 12.8. The van der Waals surface area contributed by atoms with Gasteiger partial charge in [-0.2, -0.15) is 0 Å². The van der Waals surface area contributed by atoms with Gasteiger partial charge in [0.1, 0.15) is 5.82 Å². The Kier molecular flexibility index (Phi) is 4.83. The summed E-state index contributed by atoms with van der Waals surface area (Å²) in [5.74, 6) is 0.779. The van der Waals surface area contributed by atoms with E-state index >= 15 is 0 Å². The lowest BCUT2D eigenvalue weighted by molar-refractivity contribution is 1.06. The van der Waals surface area contributed by atoms with E-state index in [0.717, 1.165) is 44.6 Å². The molecule has 30 heavy (non-hydrogen) atoms.